The third kappa shape index (κ3) is 5.55. The van der Waals surface area contributed by atoms with E-state index in [0.717, 1.165) is 24.2 Å². The van der Waals surface area contributed by atoms with Gasteiger partial charge in [0.15, 0.2) is 0 Å². The Bertz CT molecular complexity index is 309. The normalized spacial score (nSPS) is 13.0. The fraction of sp³-hybridized carbons (Fsp3) is 0.571. The second-order valence-corrected chi connectivity index (χ2v) is 5.43. The first-order valence-corrected chi connectivity index (χ1v) is 7.20. The Balaban J connectivity index is 2.32. The van der Waals surface area contributed by atoms with Crippen molar-refractivity contribution < 1.29 is 9.50 Å². The van der Waals surface area contributed by atoms with E-state index in [1.807, 2.05) is 0 Å². The molecule has 0 saturated carbocycles. The van der Waals surface area contributed by atoms with Gasteiger partial charge in [-0.1, -0.05) is 26.7 Å². The predicted octanol–water partition coefficient (Wildman–Crippen LogP) is 4.11. The molecule has 1 aromatic rings. The molecule has 0 aliphatic heterocycles. The first-order valence-electron chi connectivity index (χ1n) is 6.22. The summed E-state index contributed by atoms with van der Waals surface area (Å²) in [6.45, 7) is 4.32. The minimum absolute atomic E-state index is 0.216. The van der Waals surface area contributed by atoms with Crippen LogP contribution in [-0.2, 0) is 0 Å². The van der Waals surface area contributed by atoms with Crippen molar-refractivity contribution >= 4 is 11.8 Å². The highest BCUT2D eigenvalue weighted by molar-refractivity contribution is 7.99. The van der Waals surface area contributed by atoms with Gasteiger partial charge in [0.05, 0.1) is 6.10 Å². The molecule has 3 heteroatoms. The molecular formula is C14H21FOS. The summed E-state index contributed by atoms with van der Waals surface area (Å²) in [7, 11) is 0. The van der Waals surface area contributed by atoms with E-state index in [-0.39, 0.29) is 11.9 Å². The van der Waals surface area contributed by atoms with Gasteiger partial charge in [-0.2, -0.15) is 0 Å². The largest absolute Gasteiger partial charge is 0.392 e. The van der Waals surface area contributed by atoms with Gasteiger partial charge in [-0.25, -0.2) is 4.39 Å². The molecule has 0 aliphatic rings. The molecule has 1 atom stereocenters. The molecule has 1 nitrogen and oxygen atoms in total. The third-order valence-electron chi connectivity index (χ3n) is 3.02. The molecule has 0 spiro atoms. The number of thioether (sulfide) groups is 1. The maximum atomic E-state index is 12.7. The van der Waals surface area contributed by atoms with E-state index < -0.39 is 0 Å². The predicted molar refractivity (Wildman–Crippen MR) is 71.8 cm³/mol. The fourth-order valence-corrected chi connectivity index (χ4v) is 2.65. The number of aliphatic hydroxyl groups is 1. The molecule has 1 aromatic carbocycles. The van der Waals surface area contributed by atoms with E-state index in [2.05, 4.69) is 13.8 Å². The Labute approximate surface area is 107 Å². The minimum Gasteiger partial charge on any atom is -0.392 e. The van der Waals surface area contributed by atoms with Crippen LogP contribution in [0.25, 0.3) is 0 Å². The van der Waals surface area contributed by atoms with E-state index in [0.29, 0.717) is 11.7 Å². The van der Waals surface area contributed by atoms with Gasteiger partial charge in [-0.05, 0) is 36.6 Å². The molecule has 0 aliphatic carbocycles. The fourth-order valence-electron chi connectivity index (χ4n) is 1.80. The van der Waals surface area contributed by atoms with Crippen LogP contribution in [0.4, 0.5) is 4.39 Å². The lowest BCUT2D eigenvalue weighted by Crippen LogP contribution is -2.15. The summed E-state index contributed by atoms with van der Waals surface area (Å²) in [6.07, 6.45) is 2.83. The Hall–Kier alpha value is -0.540. The van der Waals surface area contributed by atoms with Crippen LogP contribution in [0, 0.1) is 11.7 Å². The molecular weight excluding hydrogens is 235 g/mol. The number of halogens is 1. The Morgan fingerprint density at radius 2 is 1.76 bits per heavy atom. The summed E-state index contributed by atoms with van der Waals surface area (Å²) in [5, 5.41) is 9.90. The zero-order valence-electron chi connectivity index (χ0n) is 10.5. The Kier molecular flexibility index (Phi) is 6.60. The van der Waals surface area contributed by atoms with Gasteiger partial charge in [0, 0.05) is 10.6 Å². The number of aliphatic hydroxyl groups excluding tert-OH is 1. The highest BCUT2D eigenvalue weighted by Gasteiger charge is 2.11. The van der Waals surface area contributed by atoms with Crippen molar-refractivity contribution in [1.29, 1.82) is 0 Å². The summed E-state index contributed by atoms with van der Waals surface area (Å²) in [5.74, 6) is 1.08. The second kappa shape index (κ2) is 7.72. The quantitative estimate of drug-likeness (QED) is 0.741. The van der Waals surface area contributed by atoms with Crippen molar-refractivity contribution in [1.82, 2.24) is 0 Å². The first kappa shape index (κ1) is 14.5. The first-order chi connectivity index (χ1) is 8.15. The van der Waals surface area contributed by atoms with Crippen LogP contribution in [0.3, 0.4) is 0 Å². The Morgan fingerprint density at radius 1 is 1.18 bits per heavy atom. The van der Waals surface area contributed by atoms with Gasteiger partial charge >= 0.3 is 0 Å². The molecule has 0 radical (unpaired) electrons. The highest BCUT2D eigenvalue weighted by atomic mass is 32.2. The van der Waals surface area contributed by atoms with Gasteiger partial charge in [-0.15, -0.1) is 11.8 Å². The van der Waals surface area contributed by atoms with E-state index >= 15 is 0 Å². The van der Waals surface area contributed by atoms with Crippen LogP contribution in [0.15, 0.2) is 29.2 Å². The zero-order chi connectivity index (χ0) is 12.7. The van der Waals surface area contributed by atoms with Crippen LogP contribution in [0.2, 0.25) is 0 Å². The summed E-state index contributed by atoms with van der Waals surface area (Å²) in [4.78, 5) is 1.01. The smallest absolute Gasteiger partial charge is 0.123 e. The maximum absolute atomic E-state index is 12.7. The lowest BCUT2D eigenvalue weighted by Gasteiger charge is -2.16. The molecule has 0 saturated heterocycles. The summed E-state index contributed by atoms with van der Waals surface area (Å²) in [5.41, 5.74) is 0. The summed E-state index contributed by atoms with van der Waals surface area (Å²) in [6, 6.07) is 6.42. The molecule has 0 fully saturated rings. The molecule has 0 bridgehead atoms. The van der Waals surface area contributed by atoms with Gasteiger partial charge in [0.25, 0.3) is 0 Å². The molecule has 0 aromatic heterocycles. The van der Waals surface area contributed by atoms with E-state index in [1.54, 1.807) is 23.9 Å². The van der Waals surface area contributed by atoms with Gasteiger partial charge in [-0.3, -0.25) is 0 Å². The van der Waals surface area contributed by atoms with Gasteiger partial charge in [0.1, 0.15) is 5.82 Å². The van der Waals surface area contributed by atoms with Crippen LogP contribution >= 0.6 is 11.8 Å². The van der Waals surface area contributed by atoms with Crippen LogP contribution in [-0.4, -0.2) is 17.0 Å². The molecule has 0 heterocycles. The number of rotatable bonds is 7. The molecule has 96 valence electrons. The average Bonchev–Trinajstić information content (AvgIpc) is 2.35. The molecule has 17 heavy (non-hydrogen) atoms. The molecule has 1 unspecified atom stereocenters. The zero-order valence-corrected chi connectivity index (χ0v) is 11.3. The number of benzene rings is 1. The summed E-state index contributed by atoms with van der Waals surface area (Å²) >= 11 is 1.58. The molecule has 1 rings (SSSR count). The van der Waals surface area contributed by atoms with E-state index in [4.69, 9.17) is 0 Å². The number of hydrogen-bond acceptors (Lipinski definition) is 2. The Morgan fingerprint density at radius 3 is 2.29 bits per heavy atom. The lowest BCUT2D eigenvalue weighted by molar-refractivity contribution is 0.161. The highest BCUT2D eigenvalue weighted by Crippen LogP contribution is 2.22. The van der Waals surface area contributed by atoms with Crippen LogP contribution < -0.4 is 0 Å². The number of hydrogen-bond donors (Lipinski definition) is 1. The summed E-state index contributed by atoms with van der Waals surface area (Å²) < 4.78 is 12.7. The van der Waals surface area contributed by atoms with Crippen molar-refractivity contribution in [2.24, 2.45) is 5.92 Å². The lowest BCUT2D eigenvalue weighted by atomic mass is 9.97. The van der Waals surface area contributed by atoms with E-state index in [9.17, 15) is 9.50 Å². The van der Waals surface area contributed by atoms with Crippen molar-refractivity contribution in [2.45, 2.75) is 44.1 Å². The van der Waals surface area contributed by atoms with Gasteiger partial charge < -0.3 is 5.11 Å². The van der Waals surface area contributed by atoms with Crippen LogP contribution in [0.5, 0.6) is 0 Å². The van der Waals surface area contributed by atoms with Crippen molar-refractivity contribution in [3.05, 3.63) is 30.1 Å². The second-order valence-electron chi connectivity index (χ2n) is 4.34. The topological polar surface area (TPSA) is 20.2 Å². The van der Waals surface area contributed by atoms with Gasteiger partial charge in [0.2, 0.25) is 0 Å². The van der Waals surface area contributed by atoms with Crippen molar-refractivity contribution in [2.75, 3.05) is 5.75 Å². The van der Waals surface area contributed by atoms with E-state index in [1.165, 1.54) is 12.1 Å². The van der Waals surface area contributed by atoms with Crippen LogP contribution in [0.1, 0.15) is 33.1 Å². The maximum Gasteiger partial charge on any atom is 0.123 e. The molecule has 0 amide bonds. The monoisotopic (exact) mass is 256 g/mol. The van der Waals surface area contributed by atoms with Crippen molar-refractivity contribution in [3.63, 3.8) is 0 Å². The SMILES string of the molecule is CCC(CC)CC(O)CSc1ccc(F)cc1. The minimum atomic E-state index is -0.269. The van der Waals surface area contributed by atoms with Crippen molar-refractivity contribution in [3.8, 4) is 0 Å². The average molecular weight is 256 g/mol. The standard InChI is InChI=1S/C14H21FOS/c1-3-11(4-2)9-13(16)10-17-14-7-5-12(15)6-8-14/h5-8,11,13,16H,3-4,9-10H2,1-2H3. The molecule has 1 N–H and O–H groups in total. The third-order valence-corrected chi connectivity index (χ3v) is 4.17.